The predicted octanol–water partition coefficient (Wildman–Crippen LogP) is 2.21. The molecule has 2 bridgehead atoms. The number of allylic oxidation sites excluding steroid dienone is 4. The van der Waals surface area contributed by atoms with Gasteiger partial charge in [0.05, 0.1) is 6.20 Å². The van der Waals surface area contributed by atoms with E-state index in [1.165, 1.54) is 6.08 Å². The number of aromatic nitrogens is 3. The lowest BCUT2D eigenvalue weighted by atomic mass is 10.2. The van der Waals surface area contributed by atoms with Gasteiger partial charge in [-0.15, -0.1) is 0 Å². The predicted molar refractivity (Wildman–Crippen MR) is 103 cm³/mol. The second kappa shape index (κ2) is 8.62. The summed E-state index contributed by atoms with van der Waals surface area (Å²) >= 11 is 0. The number of nitrogens with zero attached hydrogens (tertiary/aromatic N) is 4. The first-order valence-electron chi connectivity index (χ1n) is 8.85. The van der Waals surface area contributed by atoms with Crippen molar-refractivity contribution in [2.45, 2.75) is 12.8 Å². The lowest BCUT2D eigenvalue weighted by molar-refractivity contribution is 0.612. The maximum atomic E-state index is 14.4. The molecule has 1 aliphatic rings. The second-order valence-corrected chi connectivity index (χ2v) is 6.29. The standard InChI is InChI=1S/C19H25FN6/c1-3-17-6-5-16(20)13-15-14-23-26-12-7-18(24-19(15)26)25(2)11-4-8-21-9-10-22-17/h3,5-7,12,14,21-22H,1,4,8-11,13H2,2H3/b16-5+,17-6+. The summed E-state index contributed by atoms with van der Waals surface area (Å²) in [5, 5.41) is 10.9. The van der Waals surface area contributed by atoms with E-state index in [9.17, 15) is 4.39 Å². The number of rotatable bonds is 1. The molecular formula is C19H25FN6. The molecule has 0 unspecified atom stereocenters. The van der Waals surface area contributed by atoms with Crippen LogP contribution in [0.2, 0.25) is 0 Å². The smallest absolute Gasteiger partial charge is 0.160 e. The largest absolute Gasteiger partial charge is 0.384 e. The van der Waals surface area contributed by atoms with Crippen molar-refractivity contribution in [1.82, 2.24) is 25.2 Å². The molecule has 1 aliphatic heterocycles. The molecule has 2 aromatic heterocycles. The van der Waals surface area contributed by atoms with E-state index in [1.807, 2.05) is 19.3 Å². The SMILES string of the molecule is C=C/C1=C\C=C(\F)Cc2cnn3ccc(nc23)N(C)CCCNCCN1. The van der Waals surface area contributed by atoms with E-state index < -0.39 is 0 Å². The molecule has 2 aromatic rings. The second-order valence-electron chi connectivity index (χ2n) is 6.29. The van der Waals surface area contributed by atoms with Crippen molar-refractivity contribution < 1.29 is 4.39 Å². The van der Waals surface area contributed by atoms with Crippen molar-refractivity contribution in [1.29, 1.82) is 0 Å². The number of nitrogens with one attached hydrogen (secondary N) is 2. The van der Waals surface area contributed by atoms with Gasteiger partial charge in [0, 0.05) is 50.6 Å². The number of fused-ring (bicyclic) bond motifs is 1. The van der Waals surface area contributed by atoms with Gasteiger partial charge < -0.3 is 15.5 Å². The minimum atomic E-state index is -0.246. The third-order valence-corrected chi connectivity index (χ3v) is 4.32. The maximum absolute atomic E-state index is 14.4. The van der Waals surface area contributed by atoms with Crippen molar-refractivity contribution in [3.63, 3.8) is 0 Å². The fourth-order valence-electron chi connectivity index (χ4n) is 2.84. The lowest BCUT2D eigenvalue weighted by Crippen LogP contribution is -2.29. The Morgan fingerprint density at radius 1 is 1.27 bits per heavy atom. The average molecular weight is 356 g/mol. The van der Waals surface area contributed by atoms with Gasteiger partial charge in [0.1, 0.15) is 11.6 Å². The Kier molecular flexibility index (Phi) is 6.01. The van der Waals surface area contributed by atoms with Crippen LogP contribution < -0.4 is 15.5 Å². The fourth-order valence-corrected chi connectivity index (χ4v) is 2.84. The van der Waals surface area contributed by atoms with Crippen molar-refractivity contribution in [3.05, 3.63) is 60.4 Å². The molecule has 2 N–H and O–H groups in total. The molecule has 3 rings (SSSR count). The van der Waals surface area contributed by atoms with Crippen molar-refractivity contribution in [2.24, 2.45) is 0 Å². The van der Waals surface area contributed by atoms with Gasteiger partial charge in [-0.05, 0) is 37.3 Å². The van der Waals surface area contributed by atoms with E-state index in [2.05, 4.69) is 32.2 Å². The molecule has 0 aliphatic carbocycles. The highest BCUT2D eigenvalue weighted by atomic mass is 19.1. The number of anilines is 1. The summed E-state index contributed by atoms with van der Waals surface area (Å²) in [5.74, 6) is 0.618. The average Bonchev–Trinajstić information content (AvgIpc) is 3.04. The summed E-state index contributed by atoms with van der Waals surface area (Å²) in [6.45, 7) is 7.18. The Hall–Kier alpha value is -2.67. The van der Waals surface area contributed by atoms with Gasteiger partial charge in [-0.1, -0.05) is 6.58 Å². The van der Waals surface area contributed by atoms with Gasteiger partial charge >= 0.3 is 0 Å². The van der Waals surface area contributed by atoms with Crippen LogP contribution in [0.4, 0.5) is 10.2 Å². The molecule has 6 nitrogen and oxygen atoms in total. The van der Waals surface area contributed by atoms with Crippen molar-refractivity contribution in [3.8, 4) is 0 Å². The number of halogens is 1. The van der Waals surface area contributed by atoms with Crippen LogP contribution in [0, 0.1) is 0 Å². The molecule has 0 spiro atoms. The Balaban J connectivity index is 1.91. The molecular weight excluding hydrogens is 331 g/mol. The number of hydrogen-bond acceptors (Lipinski definition) is 5. The Labute approximate surface area is 153 Å². The highest BCUT2D eigenvalue weighted by molar-refractivity contribution is 5.53. The van der Waals surface area contributed by atoms with Crippen LogP contribution in [0.3, 0.4) is 0 Å². The van der Waals surface area contributed by atoms with Crippen LogP contribution >= 0.6 is 0 Å². The van der Waals surface area contributed by atoms with Crippen LogP contribution in [0.15, 0.2) is 54.8 Å². The molecule has 0 aromatic carbocycles. The summed E-state index contributed by atoms with van der Waals surface area (Å²) in [6, 6.07) is 1.93. The lowest BCUT2D eigenvalue weighted by Gasteiger charge is -2.18. The first-order valence-corrected chi connectivity index (χ1v) is 8.85. The molecule has 0 saturated heterocycles. The Bertz CT molecular complexity index is 823. The third kappa shape index (κ3) is 4.49. The van der Waals surface area contributed by atoms with Gasteiger partial charge in [-0.2, -0.15) is 5.10 Å². The highest BCUT2D eigenvalue weighted by Gasteiger charge is 2.11. The van der Waals surface area contributed by atoms with E-state index in [-0.39, 0.29) is 12.2 Å². The van der Waals surface area contributed by atoms with Gasteiger partial charge in [0.25, 0.3) is 0 Å². The zero-order valence-electron chi connectivity index (χ0n) is 15.1. The molecule has 0 saturated carbocycles. The van der Waals surface area contributed by atoms with E-state index in [0.29, 0.717) is 5.65 Å². The summed E-state index contributed by atoms with van der Waals surface area (Å²) in [5.41, 5.74) is 2.25. The van der Waals surface area contributed by atoms with E-state index in [0.717, 1.165) is 49.7 Å². The zero-order valence-corrected chi connectivity index (χ0v) is 15.1. The summed E-state index contributed by atoms with van der Waals surface area (Å²) in [4.78, 5) is 6.79. The first kappa shape index (κ1) is 18.1. The van der Waals surface area contributed by atoms with Crippen LogP contribution in [0.1, 0.15) is 12.0 Å². The van der Waals surface area contributed by atoms with Crippen molar-refractivity contribution in [2.75, 3.05) is 38.1 Å². The Morgan fingerprint density at radius 2 is 2.15 bits per heavy atom. The minimum absolute atomic E-state index is 0.159. The van der Waals surface area contributed by atoms with Crippen LogP contribution in [-0.4, -0.2) is 47.8 Å². The first-order chi connectivity index (χ1) is 12.7. The van der Waals surface area contributed by atoms with Crippen LogP contribution in [0.5, 0.6) is 0 Å². The third-order valence-electron chi connectivity index (χ3n) is 4.32. The fraction of sp³-hybridized carbons (Fsp3) is 0.368. The van der Waals surface area contributed by atoms with Gasteiger partial charge in [0.2, 0.25) is 0 Å². The molecule has 26 heavy (non-hydrogen) atoms. The number of hydrogen-bond donors (Lipinski definition) is 2. The molecule has 0 amide bonds. The molecule has 7 heteroatoms. The van der Waals surface area contributed by atoms with Gasteiger partial charge in [-0.3, -0.25) is 0 Å². The van der Waals surface area contributed by atoms with Gasteiger partial charge in [0.15, 0.2) is 5.65 Å². The normalized spacial score (nSPS) is 21.4. The monoisotopic (exact) mass is 356 g/mol. The van der Waals surface area contributed by atoms with E-state index in [4.69, 9.17) is 0 Å². The van der Waals surface area contributed by atoms with Crippen LogP contribution in [0.25, 0.3) is 5.65 Å². The highest BCUT2D eigenvalue weighted by Crippen LogP contribution is 2.18. The molecule has 3 heterocycles. The summed E-state index contributed by atoms with van der Waals surface area (Å²) in [6.07, 6.45) is 9.57. The molecule has 0 fully saturated rings. The molecule has 0 radical (unpaired) electrons. The van der Waals surface area contributed by atoms with E-state index in [1.54, 1.807) is 22.9 Å². The zero-order chi connectivity index (χ0) is 18.4. The van der Waals surface area contributed by atoms with Gasteiger partial charge in [-0.25, -0.2) is 13.9 Å². The summed E-state index contributed by atoms with van der Waals surface area (Å²) < 4.78 is 16.1. The van der Waals surface area contributed by atoms with E-state index >= 15 is 0 Å². The van der Waals surface area contributed by atoms with Crippen molar-refractivity contribution >= 4 is 11.5 Å². The Morgan fingerprint density at radius 3 is 3.00 bits per heavy atom. The minimum Gasteiger partial charge on any atom is -0.384 e. The quantitative estimate of drug-likeness (QED) is 0.821. The molecule has 138 valence electrons. The maximum Gasteiger partial charge on any atom is 0.160 e. The van der Waals surface area contributed by atoms with Crippen LogP contribution in [-0.2, 0) is 6.42 Å². The summed E-state index contributed by atoms with van der Waals surface area (Å²) in [7, 11) is 2.02. The molecule has 0 atom stereocenters. The topological polar surface area (TPSA) is 57.5 Å².